The lowest BCUT2D eigenvalue weighted by Gasteiger charge is -2.17. The number of rotatable bonds is 8. The summed E-state index contributed by atoms with van der Waals surface area (Å²) < 4.78 is 21.4. The van der Waals surface area contributed by atoms with Gasteiger partial charge in [0.1, 0.15) is 7.14 Å². The number of amides is 1. The summed E-state index contributed by atoms with van der Waals surface area (Å²) in [5.74, 6) is -0.0869. The Hall–Kier alpha value is -3.46. The molecule has 5 rings (SSSR count). The van der Waals surface area contributed by atoms with Crippen LogP contribution in [0.2, 0.25) is 0 Å². The van der Waals surface area contributed by atoms with Crippen molar-refractivity contribution in [3.63, 3.8) is 0 Å². The Morgan fingerprint density at radius 1 is 1.27 bits per heavy atom. The smallest absolute Gasteiger partial charge is 0.271 e. The Balaban J connectivity index is 1.57. The van der Waals surface area contributed by atoms with Crippen molar-refractivity contribution < 1.29 is 14.1 Å². The van der Waals surface area contributed by atoms with E-state index in [9.17, 15) is 9.36 Å². The highest BCUT2D eigenvalue weighted by Crippen LogP contribution is 2.69. The second-order valence-electron chi connectivity index (χ2n) is 8.44. The summed E-state index contributed by atoms with van der Waals surface area (Å²) in [6.07, 6.45) is 6.97. The number of nitrogens with two attached hydrogens (primary N) is 2. The summed E-state index contributed by atoms with van der Waals surface area (Å²) >= 11 is 0. The van der Waals surface area contributed by atoms with Crippen LogP contribution in [0.3, 0.4) is 0 Å². The highest BCUT2D eigenvalue weighted by Gasteiger charge is 2.53. The van der Waals surface area contributed by atoms with Crippen LogP contribution in [-0.2, 0) is 11.6 Å². The van der Waals surface area contributed by atoms with Gasteiger partial charge in [-0.2, -0.15) is 10.2 Å². The molecule has 1 amide bonds. The van der Waals surface area contributed by atoms with Crippen molar-refractivity contribution in [3.05, 3.63) is 30.2 Å². The molecule has 3 heterocycles. The lowest BCUT2D eigenvalue weighted by Crippen LogP contribution is -2.20. The van der Waals surface area contributed by atoms with E-state index in [2.05, 4.69) is 25.6 Å². The van der Waals surface area contributed by atoms with Crippen molar-refractivity contribution in [1.82, 2.24) is 25.0 Å². The van der Waals surface area contributed by atoms with Crippen LogP contribution < -0.4 is 27.0 Å². The summed E-state index contributed by atoms with van der Waals surface area (Å²) in [6.45, 7) is 0. The number of methoxy groups -OCH3 is 1. The molecular weight excluding hydrogens is 443 g/mol. The van der Waals surface area contributed by atoms with Crippen molar-refractivity contribution in [2.75, 3.05) is 18.2 Å². The number of nitrogen functional groups attached to an aromatic ring is 1. The van der Waals surface area contributed by atoms with E-state index in [1.807, 2.05) is 13.1 Å². The van der Waals surface area contributed by atoms with Gasteiger partial charge in [0.25, 0.3) is 5.91 Å². The van der Waals surface area contributed by atoms with E-state index < -0.39 is 13.0 Å². The topological polar surface area (TPSA) is 164 Å². The molecule has 2 fully saturated rings. The number of anilines is 3. The minimum absolute atomic E-state index is 0.112. The second kappa shape index (κ2) is 7.84. The van der Waals surface area contributed by atoms with Crippen LogP contribution in [-0.4, -0.2) is 49.3 Å². The molecule has 12 heteroatoms. The van der Waals surface area contributed by atoms with Gasteiger partial charge in [-0.3, -0.25) is 9.48 Å². The van der Waals surface area contributed by atoms with Crippen molar-refractivity contribution in [3.8, 4) is 17.0 Å². The van der Waals surface area contributed by atoms with E-state index in [-0.39, 0.29) is 28.4 Å². The predicted octanol–water partition coefficient (Wildman–Crippen LogP) is 2.02. The number of aromatic nitrogens is 5. The molecule has 2 aliphatic rings. The van der Waals surface area contributed by atoms with Gasteiger partial charge in [0.05, 0.1) is 35.8 Å². The van der Waals surface area contributed by atoms with Crippen LogP contribution in [0.1, 0.15) is 36.2 Å². The second-order valence-corrected chi connectivity index (χ2v) is 11.8. The molecule has 33 heavy (non-hydrogen) atoms. The fraction of sp³-hybridized carbons (Fsp3) is 0.381. The first kappa shape index (κ1) is 21.4. The molecule has 2 aliphatic carbocycles. The molecule has 3 aromatic heterocycles. The summed E-state index contributed by atoms with van der Waals surface area (Å²) in [5, 5.41) is 15.1. The molecule has 2 saturated carbocycles. The summed E-state index contributed by atoms with van der Waals surface area (Å²) in [7, 11) is 0.851. The van der Waals surface area contributed by atoms with Crippen LogP contribution in [0.15, 0.2) is 24.5 Å². The average molecular weight is 468 g/mol. The zero-order chi connectivity index (χ0) is 23.3. The molecule has 5 N–H and O–H groups in total. The number of ether oxygens (including phenoxy) is 1. The number of nitrogens with one attached hydrogen (secondary N) is 1. The molecule has 0 aromatic carbocycles. The van der Waals surface area contributed by atoms with Gasteiger partial charge in [-0.25, -0.2) is 4.98 Å². The molecular formula is C21H25N8O3P. The highest BCUT2D eigenvalue weighted by atomic mass is 31.2. The van der Waals surface area contributed by atoms with E-state index in [4.69, 9.17) is 16.2 Å². The molecule has 11 nitrogen and oxygen atoms in total. The van der Waals surface area contributed by atoms with Gasteiger partial charge in [-0.1, -0.05) is 0 Å². The quantitative estimate of drug-likeness (QED) is 0.419. The summed E-state index contributed by atoms with van der Waals surface area (Å²) in [4.78, 5) is 16.1. The average Bonchev–Trinajstić information content (AvgIpc) is 3.71. The summed E-state index contributed by atoms with van der Waals surface area (Å²) in [6, 6.07) is 3.69. The Labute approximate surface area is 190 Å². The van der Waals surface area contributed by atoms with Crippen LogP contribution >= 0.6 is 7.14 Å². The van der Waals surface area contributed by atoms with E-state index in [0.29, 0.717) is 22.8 Å². The third-order valence-electron chi connectivity index (χ3n) is 6.13. The van der Waals surface area contributed by atoms with Gasteiger partial charge in [-0.15, -0.1) is 5.10 Å². The Morgan fingerprint density at radius 2 is 1.97 bits per heavy atom. The number of hydrogen-bond acceptors (Lipinski definition) is 9. The zero-order valence-electron chi connectivity index (χ0n) is 18.4. The van der Waals surface area contributed by atoms with Crippen LogP contribution in [0, 0.1) is 0 Å². The number of aryl methyl sites for hydroxylation is 1. The maximum absolute atomic E-state index is 14.0. The Kier molecular flexibility index (Phi) is 5.08. The molecule has 0 atom stereocenters. The van der Waals surface area contributed by atoms with E-state index >= 15 is 0 Å². The third-order valence-corrected chi connectivity index (χ3v) is 10.5. The van der Waals surface area contributed by atoms with Crippen LogP contribution in [0.25, 0.3) is 11.3 Å². The Morgan fingerprint density at radius 3 is 2.58 bits per heavy atom. The molecule has 3 aromatic rings. The van der Waals surface area contributed by atoms with Gasteiger partial charge in [0.15, 0.2) is 17.3 Å². The maximum atomic E-state index is 14.0. The fourth-order valence-electron chi connectivity index (χ4n) is 4.27. The fourth-order valence-corrected chi connectivity index (χ4v) is 8.27. The van der Waals surface area contributed by atoms with Crippen molar-refractivity contribution in [2.45, 2.75) is 37.0 Å². The first-order valence-electron chi connectivity index (χ1n) is 10.7. The molecule has 172 valence electrons. The maximum Gasteiger partial charge on any atom is 0.271 e. The molecule has 0 saturated heterocycles. The van der Waals surface area contributed by atoms with Gasteiger partial charge in [0.2, 0.25) is 0 Å². The number of hydrogen-bond donors (Lipinski definition) is 3. The van der Waals surface area contributed by atoms with Crippen molar-refractivity contribution >= 4 is 35.7 Å². The first-order valence-corrected chi connectivity index (χ1v) is 12.5. The monoisotopic (exact) mass is 468 g/mol. The molecule has 0 aliphatic heterocycles. The standard InChI is InChI=1S/C21H25N8O3P/c1-29-16(33(31,11-3-4-11)12-5-6-12)9-15(28-29)13-7-8-24-21(19(13)32-2)26-17-14(22)10-25-27-18(17)20(23)30/h7-12H,3-6H2,1-2H3,(H2,22,27)(H2,23,30)(H,24,25,26). The zero-order valence-corrected chi connectivity index (χ0v) is 19.2. The van der Waals surface area contributed by atoms with E-state index in [1.54, 1.807) is 16.9 Å². The van der Waals surface area contributed by atoms with E-state index in [0.717, 1.165) is 31.1 Å². The first-order chi connectivity index (χ1) is 15.8. The number of carbonyl (C=O) groups is 1. The number of pyridine rings is 1. The third kappa shape index (κ3) is 3.62. The van der Waals surface area contributed by atoms with E-state index in [1.165, 1.54) is 13.3 Å². The number of nitrogens with zero attached hydrogens (tertiary/aromatic N) is 5. The largest absolute Gasteiger partial charge is 0.492 e. The van der Waals surface area contributed by atoms with Gasteiger partial charge >= 0.3 is 0 Å². The number of primary amides is 1. The predicted molar refractivity (Wildman–Crippen MR) is 125 cm³/mol. The lowest BCUT2D eigenvalue weighted by molar-refractivity contribution is 0.0995. The lowest BCUT2D eigenvalue weighted by atomic mass is 10.1. The van der Waals surface area contributed by atoms with Crippen molar-refractivity contribution in [1.29, 1.82) is 0 Å². The molecule has 0 radical (unpaired) electrons. The normalized spacial score (nSPS) is 15.9. The number of carbonyl (C=O) groups excluding carboxylic acids is 1. The van der Waals surface area contributed by atoms with Crippen LogP contribution in [0.4, 0.5) is 17.2 Å². The summed E-state index contributed by atoms with van der Waals surface area (Å²) in [5.41, 5.74) is 14.3. The molecule has 0 unspecified atom stereocenters. The van der Waals surface area contributed by atoms with Crippen molar-refractivity contribution in [2.24, 2.45) is 12.8 Å². The molecule has 0 bridgehead atoms. The SMILES string of the molecule is COc1c(-c2cc(P(=O)(C3CC3)C3CC3)n(C)n2)ccnc1Nc1c(N)cnnc1C(N)=O. The minimum Gasteiger partial charge on any atom is -0.492 e. The highest BCUT2D eigenvalue weighted by molar-refractivity contribution is 7.73. The Bertz CT molecular complexity index is 1280. The van der Waals surface area contributed by atoms with Gasteiger partial charge in [-0.05, 0) is 37.8 Å². The van der Waals surface area contributed by atoms with Gasteiger partial charge in [0, 0.05) is 30.1 Å². The van der Waals surface area contributed by atoms with Gasteiger partial charge < -0.3 is 26.1 Å². The van der Waals surface area contributed by atoms with Crippen LogP contribution in [0.5, 0.6) is 5.75 Å². The molecule has 0 spiro atoms. The minimum atomic E-state index is -2.50.